The second-order valence-electron chi connectivity index (χ2n) is 12.7. The molecule has 0 atom stereocenters. The summed E-state index contributed by atoms with van der Waals surface area (Å²) in [7, 11) is -2.54. The smallest absolute Gasteiger partial charge is 0.179 e. The fourth-order valence-electron chi connectivity index (χ4n) is 5.96. The summed E-state index contributed by atoms with van der Waals surface area (Å²) in [5.74, 6) is 0. The molecular formula is C38H41NSi. The SMILES string of the molecule is CC(C)(C)c1cccc(N(c2ccc([Si](c3ccccc3)(c3ccccc3)c3ccccc3)cc2)C(C)(C)C)c1. The molecule has 0 aliphatic carbocycles. The first-order valence-electron chi connectivity index (χ1n) is 14.3. The van der Waals surface area contributed by atoms with Crippen LogP contribution >= 0.6 is 0 Å². The van der Waals surface area contributed by atoms with Crippen molar-refractivity contribution in [3.05, 3.63) is 145 Å². The predicted molar refractivity (Wildman–Crippen MR) is 177 cm³/mol. The molecular weight excluding hydrogens is 499 g/mol. The third-order valence-corrected chi connectivity index (χ3v) is 12.6. The van der Waals surface area contributed by atoms with E-state index in [0.29, 0.717) is 0 Å². The largest absolute Gasteiger partial charge is 0.336 e. The Bertz CT molecular complexity index is 1430. The van der Waals surface area contributed by atoms with Gasteiger partial charge < -0.3 is 4.90 Å². The Labute approximate surface area is 242 Å². The molecule has 0 aromatic heterocycles. The Morgan fingerprint density at radius 1 is 0.425 bits per heavy atom. The summed E-state index contributed by atoms with van der Waals surface area (Å²) in [4.78, 5) is 2.48. The summed E-state index contributed by atoms with van der Waals surface area (Å²) in [6.07, 6.45) is 0. The van der Waals surface area contributed by atoms with Crippen molar-refractivity contribution < 1.29 is 0 Å². The van der Waals surface area contributed by atoms with Gasteiger partial charge in [-0.25, -0.2) is 0 Å². The van der Waals surface area contributed by atoms with Crippen LogP contribution in [0.15, 0.2) is 140 Å². The van der Waals surface area contributed by atoms with Gasteiger partial charge in [-0.2, -0.15) is 0 Å². The lowest BCUT2D eigenvalue weighted by atomic mass is 9.86. The molecule has 202 valence electrons. The molecule has 5 rings (SSSR count). The van der Waals surface area contributed by atoms with Crippen LogP contribution in [0, 0.1) is 0 Å². The molecule has 0 fully saturated rings. The first-order valence-corrected chi connectivity index (χ1v) is 16.3. The van der Waals surface area contributed by atoms with Crippen LogP contribution in [0.25, 0.3) is 0 Å². The molecule has 0 amide bonds. The van der Waals surface area contributed by atoms with Crippen LogP contribution in [0.1, 0.15) is 47.1 Å². The summed E-state index contributed by atoms with van der Waals surface area (Å²) >= 11 is 0. The van der Waals surface area contributed by atoms with Crippen molar-refractivity contribution in [2.75, 3.05) is 4.90 Å². The molecule has 0 heterocycles. The van der Waals surface area contributed by atoms with Gasteiger partial charge in [0.05, 0.1) is 0 Å². The maximum Gasteiger partial charge on any atom is 0.179 e. The van der Waals surface area contributed by atoms with E-state index in [9.17, 15) is 0 Å². The van der Waals surface area contributed by atoms with E-state index < -0.39 is 8.07 Å². The summed E-state index contributed by atoms with van der Waals surface area (Å²) in [6, 6.07) is 51.8. The van der Waals surface area contributed by atoms with Gasteiger partial charge in [0.2, 0.25) is 0 Å². The minimum atomic E-state index is -2.54. The number of nitrogens with zero attached hydrogens (tertiary/aromatic N) is 1. The third-order valence-electron chi connectivity index (χ3n) is 7.82. The second-order valence-corrected chi connectivity index (χ2v) is 16.5. The van der Waals surface area contributed by atoms with Crippen molar-refractivity contribution in [3.8, 4) is 0 Å². The maximum atomic E-state index is 2.48. The highest BCUT2D eigenvalue weighted by molar-refractivity contribution is 7.19. The van der Waals surface area contributed by atoms with E-state index in [1.54, 1.807) is 0 Å². The summed E-state index contributed by atoms with van der Waals surface area (Å²) in [5, 5.41) is 5.57. The van der Waals surface area contributed by atoms with Gasteiger partial charge in [-0.05, 0) is 76.8 Å². The fraction of sp³-hybridized carbons (Fsp3) is 0.211. The normalized spacial score (nSPS) is 12.2. The van der Waals surface area contributed by atoms with Gasteiger partial charge in [0.15, 0.2) is 8.07 Å². The highest BCUT2D eigenvalue weighted by atomic mass is 28.3. The van der Waals surface area contributed by atoms with Gasteiger partial charge >= 0.3 is 0 Å². The van der Waals surface area contributed by atoms with E-state index in [-0.39, 0.29) is 11.0 Å². The summed E-state index contributed by atoms with van der Waals surface area (Å²) in [5.41, 5.74) is 3.78. The van der Waals surface area contributed by atoms with Crippen LogP contribution in [0.2, 0.25) is 0 Å². The van der Waals surface area contributed by atoms with Gasteiger partial charge in [0.25, 0.3) is 0 Å². The van der Waals surface area contributed by atoms with Gasteiger partial charge in [-0.1, -0.05) is 136 Å². The van der Waals surface area contributed by atoms with E-state index in [2.05, 4.69) is 186 Å². The van der Waals surface area contributed by atoms with E-state index in [0.717, 1.165) is 0 Å². The monoisotopic (exact) mass is 539 g/mol. The van der Waals surface area contributed by atoms with Gasteiger partial charge in [-0.15, -0.1) is 0 Å². The van der Waals surface area contributed by atoms with E-state index in [4.69, 9.17) is 0 Å². The zero-order chi connectivity index (χ0) is 28.4. The van der Waals surface area contributed by atoms with Crippen LogP contribution in [0.3, 0.4) is 0 Å². The minimum absolute atomic E-state index is 0.0924. The molecule has 40 heavy (non-hydrogen) atoms. The van der Waals surface area contributed by atoms with Gasteiger partial charge in [0.1, 0.15) is 0 Å². The Hall–Kier alpha value is -3.88. The summed E-state index contributed by atoms with van der Waals surface area (Å²) in [6.45, 7) is 13.7. The second kappa shape index (κ2) is 10.9. The maximum absolute atomic E-state index is 2.54. The zero-order valence-electron chi connectivity index (χ0n) is 24.7. The number of hydrogen-bond donors (Lipinski definition) is 0. The van der Waals surface area contributed by atoms with Gasteiger partial charge in [-0.3, -0.25) is 0 Å². The average molecular weight is 540 g/mol. The molecule has 0 unspecified atom stereocenters. The quantitative estimate of drug-likeness (QED) is 0.162. The van der Waals surface area contributed by atoms with Crippen LogP contribution in [0.5, 0.6) is 0 Å². The first kappa shape index (κ1) is 27.7. The lowest BCUT2D eigenvalue weighted by molar-refractivity contribution is 0.557. The lowest BCUT2D eigenvalue weighted by Gasteiger charge is -2.39. The topological polar surface area (TPSA) is 3.24 Å². The zero-order valence-corrected chi connectivity index (χ0v) is 25.7. The molecule has 0 aliphatic rings. The fourth-order valence-corrected chi connectivity index (χ4v) is 10.7. The minimum Gasteiger partial charge on any atom is -0.336 e. The Morgan fingerprint density at radius 3 is 1.25 bits per heavy atom. The number of anilines is 2. The van der Waals surface area contributed by atoms with Crippen LogP contribution in [-0.4, -0.2) is 13.6 Å². The van der Waals surface area contributed by atoms with Crippen LogP contribution in [-0.2, 0) is 5.41 Å². The van der Waals surface area contributed by atoms with E-state index >= 15 is 0 Å². The summed E-state index contributed by atoms with van der Waals surface area (Å²) < 4.78 is 0. The van der Waals surface area contributed by atoms with Crippen LogP contribution in [0.4, 0.5) is 11.4 Å². The predicted octanol–water partition coefficient (Wildman–Crippen LogP) is 7.30. The highest BCUT2D eigenvalue weighted by Gasteiger charge is 2.41. The Balaban J connectivity index is 1.71. The molecule has 0 N–H and O–H groups in total. The van der Waals surface area contributed by atoms with Crippen molar-refractivity contribution in [2.24, 2.45) is 0 Å². The molecule has 2 heteroatoms. The lowest BCUT2D eigenvalue weighted by Crippen LogP contribution is -2.74. The third kappa shape index (κ3) is 5.29. The molecule has 0 aliphatic heterocycles. The number of rotatable bonds is 6. The molecule has 0 spiro atoms. The van der Waals surface area contributed by atoms with E-state index in [1.807, 2.05) is 0 Å². The van der Waals surface area contributed by atoms with E-state index in [1.165, 1.54) is 37.7 Å². The van der Waals surface area contributed by atoms with Crippen LogP contribution < -0.4 is 25.6 Å². The molecule has 5 aromatic rings. The van der Waals surface area contributed by atoms with Crippen molar-refractivity contribution in [3.63, 3.8) is 0 Å². The molecule has 0 saturated heterocycles. The number of benzene rings is 5. The molecule has 5 aromatic carbocycles. The van der Waals surface area contributed by atoms with Crippen molar-refractivity contribution in [1.82, 2.24) is 0 Å². The Kier molecular flexibility index (Phi) is 7.57. The highest BCUT2D eigenvalue weighted by Crippen LogP contribution is 2.35. The molecule has 0 bridgehead atoms. The average Bonchev–Trinajstić information content (AvgIpc) is 2.95. The first-order chi connectivity index (χ1) is 19.1. The molecule has 0 radical (unpaired) electrons. The van der Waals surface area contributed by atoms with Crippen molar-refractivity contribution in [1.29, 1.82) is 0 Å². The van der Waals surface area contributed by atoms with Crippen molar-refractivity contribution in [2.45, 2.75) is 52.5 Å². The van der Waals surface area contributed by atoms with Gasteiger partial charge in [0, 0.05) is 16.9 Å². The standard InChI is InChI=1S/C38H41NSi/c1-37(2,3)30-17-16-18-32(29-30)39(38(4,5)6)31-25-27-36(28-26-31)40(33-19-10-7-11-20-33,34-21-12-8-13-22-34)35-23-14-9-15-24-35/h7-29H,1-6H3. The number of hydrogen-bond acceptors (Lipinski definition) is 1. The molecule has 1 nitrogen and oxygen atoms in total. The Morgan fingerprint density at radius 2 is 0.850 bits per heavy atom. The van der Waals surface area contributed by atoms with Crippen molar-refractivity contribution >= 4 is 40.2 Å². The molecule has 0 saturated carbocycles.